The summed E-state index contributed by atoms with van der Waals surface area (Å²) in [6.45, 7) is 0. The van der Waals surface area contributed by atoms with Crippen LogP contribution in [0.5, 0.6) is 0 Å². The van der Waals surface area contributed by atoms with E-state index in [9.17, 15) is 4.79 Å². The van der Waals surface area contributed by atoms with E-state index in [0.29, 0.717) is 11.6 Å². The van der Waals surface area contributed by atoms with Gasteiger partial charge in [-0.05, 0) is 22.0 Å². The molecule has 18 heavy (non-hydrogen) atoms. The Morgan fingerprint density at radius 3 is 3.06 bits per heavy atom. The Hall–Kier alpha value is -0.980. The van der Waals surface area contributed by atoms with Crippen LogP contribution in [0.4, 0.5) is 5.69 Å². The summed E-state index contributed by atoms with van der Waals surface area (Å²) >= 11 is 10.4. The molecule has 0 saturated heterocycles. The number of thiazole rings is 1. The minimum absolute atomic E-state index is 0.114. The lowest BCUT2D eigenvalue weighted by Crippen LogP contribution is -2.14. The van der Waals surface area contributed by atoms with Crippen molar-refractivity contribution < 1.29 is 4.79 Å². The number of hydrogen-bond donors (Lipinski definition) is 1. The largest absolute Gasteiger partial charge is 0.325 e. The summed E-state index contributed by atoms with van der Waals surface area (Å²) in [4.78, 5) is 20.0. The molecule has 0 aliphatic carbocycles. The van der Waals surface area contributed by atoms with Crippen LogP contribution in [-0.4, -0.2) is 15.9 Å². The fourth-order valence-corrected chi connectivity index (χ4v) is 2.67. The molecule has 0 aliphatic rings. The van der Waals surface area contributed by atoms with Gasteiger partial charge in [-0.3, -0.25) is 9.78 Å². The van der Waals surface area contributed by atoms with Crippen LogP contribution in [-0.2, 0) is 17.1 Å². The molecule has 1 amide bonds. The second kappa shape index (κ2) is 6.26. The highest BCUT2D eigenvalue weighted by molar-refractivity contribution is 9.10. The Labute approximate surface area is 122 Å². The van der Waals surface area contributed by atoms with E-state index >= 15 is 0 Å². The Morgan fingerprint density at radius 2 is 2.39 bits per heavy atom. The van der Waals surface area contributed by atoms with Crippen molar-refractivity contribution in [3.63, 3.8) is 0 Å². The molecular weight excluding hydrogens is 338 g/mol. The van der Waals surface area contributed by atoms with Gasteiger partial charge in [-0.2, -0.15) is 0 Å². The van der Waals surface area contributed by atoms with E-state index < -0.39 is 0 Å². The zero-order valence-corrected chi connectivity index (χ0v) is 12.3. The summed E-state index contributed by atoms with van der Waals surface area (Å²) in [5, 5.41) is 5.41. The maximum Gasteiger partial charge on any atom is 0.231 e. The number of pyridine rings is 1. The van der Waals surface area contributed by atoms with Crippen LogP contribution in [0, 0.1) is 0 Å². The Kier molecular flexibility index (Phi) is 4.68. The summed E-state index contributed by atoms with van der Waals surface area (Å²) < 4.78 is 0.749. The van der Waals surface area contributed by atoms with Crippen LogP contribution in [0.1, 0.15) is 10.7 Å². The zero-order valence-electron chi connectivity index (χ0n) is 9.19. The quantitative estimate of drug-likeness (QED) is 0.865. The van der Waals surface area contributed by atoms with Crippen molar-refractivity contribution >= 4 is 50.5 Å². The SMILES string of the molecule is O=C(Cc1nc(CCl)cs1)Nc1ccncc1Br. The Balaban J connectivity index is 1.99. The molecule has 2 aromatic rings. The number of hydrogen-bond acceptors (Lipinski definition) is 4. The van der Waals surface area contributed by atoms with Crippen molar-refractivity contribution in [3.05, 3.63) is 39.0 Å². The average Bonchev–Trinajstić information content (AvgIpc) is 2.80. The molecule has 0 bridgehead atoms. The maximum atomic E-state index is 11.8. The molecule has 4 nitrogen and oxygen atoms in total. The van der Waals surface area contributed by atoms with Gasteiger partial charge in [-0.15, -0.1) is 22.9 Å². The van der Waals surface area contributed by atoms with Crippen molar-refractivity contribution in [2.75, 3.05) is 5.32 Å². The predicted molar refractivity (Wildman–Crippen MR) is 75.9 cm³/mol. The van der Waals surface area contributed by atoms with Crippen molar-refractivity contribution in [2.45, 2.75) is 12.3 Å². The van der Waals surface area contributed by atoms with Crippen LogP contribution in [0.25, 0.3) is 0 Å². The highest BCUT2D eigenvalue weighted by Gasteiger charge is 2.09. The summed E-state index contributed by atoms with van der Waals surface area (Å²) in [6.07, 6.45) is 3.50. The molecule has 7 heteroatoms. The topological polar surface area (TPSA) is 54.9 Å². The first-order valence-corrected chi connectivity index (χ1v) is 7.28. The number of amides is 1. The van der Waals surface area contributed by atoms with E-state index in [2.05, 4.69) is 31.2 Å². The molecule has 2 rings (SSSR count). The van der Waals surface area contributed by atoms with Crippen molar-refractivity contribution in [1.82, 2.24) is 9.97 Å². The molecule has 0 spiro atoms. The van der Waals surface area contributed by atoms with Gasteiger partial charge in [0.2, 0.25) is 5.91 Å². The van der Waals surface area contributed by atoms with Crippen LogP contribution in [0.15, 0.2) is 28.3 Å². The molecule has 0 atom stereocenters. The molecule has 0 aliphatic heterocycles. The lowest BCUT2D eigenvalue weighted by atomic mass is 10.3. The van der Waals surface area contributed by atoms with E-state index in [1.165, 1.54) is 11.3 Å². The molecule has 1 N–H and O–H groups in total. The molecule has 0 saturated carbocycles. The first-order valence-electron chi connectivity index (χ1n) is 5.07. The summed E-state index contributed by atoms with van der Waals surface area (Å²) in [7, 11) is 0. The third-order valence-electron chi connectivity index (χ3n) is 2.09. The van der Waals surface area contributed by atoms with Gasteiger partial charge in [-0.1, -0.05) is 0 Å². The van der Waals surface area contributed by atoms with Crippen LogP contribution in [0.2, 0.25) is 0 Å². The summed E-state index contributed by atoms with van der Waals surface area (Å²) in [6, 6.07) is 1.73. The first-order chi connectivity index (χ1) is 8.69. The van der Waals surface area contributed by atoms with E-state index in [4.69, 9.17) is 11.6 Å². The lowest BCUT2D eigenvalue weighted by Gasteiger charge is -2.05. The molecule has 0 radical (unpaired) electrons. The number of halogens is 2. The second-order valence-corrected chi connectivity index (χ2v) is 5.51. The third-order valence-corrected chi connectivity index (χ3v) is 3.90. The molecule has 2 aromatic heterocycles. The average molecular weight is 347 g/mol. The standard InChI is InChI=1S/C11H9BrClN3OS/c12-8-5-14-2-1-9(8)16-10(17)3-11-15-7(4-13)6-18-11/h1-2,5-6H,3-4H2,(H,14,16,17). The highest BCUT2D eigenvalue weighted by atomic mass is 79.9. The van der Waals surface area contributed by atoms with Gasteiger partial charge < -0.3 is 5.32 Å². The fourth-order valence-electron chi connectivity index (χ4n) is 1.30. The van der Waals surface area contributed by atoms with Crippen molar-refractivity contribution in [2.24, 2.45) is 0 Å². The first kappa shape index (κ1) is 13.5. The molecule has 0 unspecified atom stereocenters. The number of anilines is 1. The number of alkyl halides is 1. The summed E-state index contributed by atoms with van der Waals surface area (Å²) in [5.41, 5.74) is 1.50. The van der Waals surface area contributed by atoms with Crippen molar-refractivity contribution in [3.8, 4) is 0 Å². The van der Waals surface area contributed by atoms with E-state index in [0.717, 1.165) is 15.2 Å². The number of aromatic nitrogens is 2. The summed E-state index contributed by atoms with van der Waals surface area (Å²) in [5.74, 6) is 0.256. The second-order valence-electron chi connectivity index (χ2n) is 3.45. The van der Waals surface area contributed by atoms with Gasteiger partial charge in [0.05, 0.1) is 28.2 Å². The van der Waals surface area contributed by atoms with Crippen LogP contribution < -0.4 is 5.32 Å². The minimum Gasteiger partial charge on any atom is -0.325 e. The number of carbonyl (C=O) groups is 1. The Bertz CT molecular complexity index is 561. The van der Waals surface area contributed by atoms with Gasteiger partial charge in [0, 0.05) is 17.8 Å². The molecule has 2 heterocycles. The van der Waals surface area contributed by atoms with Gasteiger partial charge in [0.15, 0.2) is 0 Å². The van der Waals surface area contributed by atoms with Gasteiger partial charge in [0.25, 0.3) is 0 Å². The number of carbonyl (C=O) groups excluding carboxylic acids is 1. The monoisotopic (exact) mass is 345 g/mol. The molecule has 94 valence electrons. The normalized spacial score (nSPS) is 10.3. The fraction of sp³-hybridized carbons (Fsp3) is 0.182. The lowest BCUT2D eigenvalue weighted by molar-refractivity contribution is -0.115. The minimum atomic E-state index is -0.114. The van der Waals surface area contributed by atoms with Crippen LogP contribution >= 0.6 is 38.9 Å². The Morgan fingerprint density at radius 1 is 1.56 bits per heavy atom. The van der Waals surface area contributed by atoms with Gasteiger partial charge in [0.1, 0.15) is 5.01 Å². The molecule has 0 fully saturated rings. The van der Waals surface area contributed by atoms with Gasteiger partial charge >= 0.3 is 0 Å². The maximum absolute atomic E-state index is 11.8. The van der Waals surface area contributed by atoms with E-state index in [1.807, 2.05) is 5.38 Å². The predicted octanol–water partition coefficient (Wildman–Crippen LogP) is 3.22. The van der Waals surface area contributed by atoms with Crippen LogP contribution in [0.3, 0.4) is 0 Å². The van der Waals surface area contributed by atoms with E-state index in [-0.39, 0.29) is 12.3 Å². The van der Waals surface area contributed by atoms with Gasteiger partial charge in [-0.25, -0.2) is 4.98 Å². The van der Waals surface area contributed by atoms with Crippen molar-refractivity contribution in [1.29, 1.82) is 0 Å². The smallest absolute Gasteiger partial charge is 0.231 e. The number of rotatable bonds is 4. The van der Waals surface area contributed by atoms with E-state index in [1.54, 1.807) is 18.5 Å². The molecular formula is C11H9BrClN3OS. The zero-order chi connectivity index (χ0) is 13.0. The molecule has 0 aromatic carbocycles. The highest BCUT2D eigenvalue weighted by Crippen LogP contribution is 2.20. The number of nitrogens with one attached hydrogen (secondary N) is 1. The number of nitrogens with zero attached hydrogens (tertiary/aromatic N) is 2. The third kappa shape index (κ3) is 3.51.